The van der Waals surface area contributed by atoms with Gasteiger partial charge in [-0.15, -0.1) is 0 Å². The van der Waals surface area contributed by atoms with Gasteiger partial charge in [-0.2, -0.15) is 0 Å². The van der Waals surface area contributed by atoms with Gasteiger partial charge in [0, 0.05) is 3.57 Å². The molecule has 3 heteroatoms. The second kappa shape index (κ2) is 5.82. The summed E-state index contributed by atoms with van der Waals surface area (Å²) >= 11 is 2.19. The van der Waals surface area contributed by atoms with Crippen LogP contribution in [-0.4, -0.2) is 11.1 Å². The first-order chi connectivity index (χ1) is 8.66. The minimum atomic E-state index is -0.917. The van der Waals surface area contributed by atoms with Gasteiger partial charge in [-0.25, -0.2) is 4.79 Å². The van der Waals surface area contributed by atoms with E-state index in [1.807, 2.05) is 54.6 Å². The molecule has 0 amide bonds. The van der Waals surface area contributed by atoms with Crippen LogP contribution in [0.3, 0.4) is 0 Å². The Balaban J connectivity index is 2.44. The van der Waals surface area contributed by atoms with E-state index in [-0.39, 0.29) is 0 Å². The van der Waals surface area contributed by atoms with Crippen LogP contribution in [0.15, 0.2) is 54.6 Å². The Hall–Kier alpha value is -1.62. The molecule has 2 aromatic carbocycles. The van der Waals surface area contributed by atoms with Crippen LogP contribution in [0.25, 0.3) is 11.6 Å². The largest absolute Gasteiger partial charge is 0.478 e. The number of carboxylic acids is 1. The first-order valence-corrected chi connectivity index (χ1v) is 6.50. The van der Waals surface area contributed by atoms with Crippen molar-refractivity contribution in [2.45, 2.75) is 0 Å². The molecule has 2 aromatic rings. The highest BCUT2D eigenvalue weighted by atomic mass is 127. The highest BCUT2D eigenvalue weighted by Gasteiger charge is 2.09. The molecule has 2 nitrogen and oxygen atoms in total. The van der Waals surface area contributed by atoms with E-state index < -0.39 is 5.97 Å². The Morgan fingerprint density at radius 3 is 2.17 bits per heavy atom. The second-order valence-electron chi connectivity index (χ2n) is 3.78. The molecule has 0 aliphatic heterocycles. The quantitative estimate of drug-likeness (QED) is 0.518. The molecule has 0 saturated carbocycles. The number of halogens is 1. The average molecular weight is 350 g/mol. The SMILES string of the molecule is O=C(O)C(=Cc1ccccc1)c1ccc(I)cc1. The van der Waals surface area contributed by atoms with Crippen LogP contribution in [0.5, 0.6) is 0 Å². The standard InChI is InChI=1S/C15H11IO2/c16-13-8-6-12(7-9-13)14(15(17)18)10-11-4-2-1-3-5-11/h1-10H,(H,17,18). The van der Waals surface area contributed by atoms with Crippen LogP contribution in [0.4, 0.5) is 0 Å². The Morgan fingerprint density at radius 1 is 1.00 bits per heavy atom. The Labute approximate surface area is 119 Å². The molecule has 2 rings (SSSR count). The minimum absolute atomic E-state index is 0.303. The fourth-order valence-corrected chi connectivity index (χ4v) is 1.97. The molecular formula is C15H11IO2. The van der Waals surface area contributed by atoms with E-state index in [2.05, 4.69) is 22.6 Å². The van der Waals surface area contributed by atoms with Gasteiger partial charge in [0.15, 0.2) is 0 Å². The van der Waals surface area contributed by atoms with E-state index >= 15 is 0 Å². The lowest BCUT2D eigenvalue weighted by Gasteiger charge is -2.03. The summed E-state index contributed by atoms with van der Waals surface area (Å²) in [5.41, 5.74) is 1.90. The maximum absolute atomic E-state index is 11.3. The van der Waals surface area contributed by atoms with Crippen molar-refractivity contribution in [3.8, 4) is 0 Å². The summed E-state index contributed by atoms with van der Waals surface area (Å²) < 4.78 is 1.08. The Kier molecular flexibility index (Phi) is 4.15. The molecule has 0 atom stereocenters. The maximum atomic E-state index is 11.3. The summed E-state index contributed by atoms with van der Waals surface area (Å²) in [5.74, 6) is -0.917. The average Bonchev–Trinajstić information content (AvgIpc) is 2.38. The monoisotopic (exact) mass is 350 g/mol. The second-order valence-corrected chi connectivity index (χ2v) is 5.03. The van der Waals surface area contributed by atoms with Gasteiger partial charge >= 0.3 is 5.97 Å². The highest BCUT2D eigenvalue weighted by molar-refractivity contribution is 14.1. The van der Waals surface area contributed by atoms with Gasteiger partial charge in [-0.3, -0.25) is 0 Å². The molecule has 18 heavy (non-hydrogen) atoms. The predicted octanol–water partition coefficient (Wildman–Crippen LogP) is 3.92. The van der Waals surface area contributed by atoms with Crippen molar-refractivity contribution >= 4 is 40.2 Å². The van der Waals surface area contributed by atoms with Crippen LogP contribution in [0.1, 0.15) is 11.1 Å². The van der Waals surface area contributed by atoms with Gasteiger partial charge in [-0.1, -0.05) is 42.5 Å². The van der Waals surface area contributed by atoms with Crippen LogP contribution in [-0.2, 0) is 4.79 Å². The fourth-order valence-electron chi connectivity index (χ4n) is 1.61. The molecule has 0 aromatic heterocycles. The molecule has 0 heterocycles. The van der Waals surface area contributed by atoms with Gasteiger partial charge in [0.1, 0.15) is 0 Å². The normalized spacial score (nSPS) is 11.3. The van der Waals surface area contributed by atoms with E-state index in [0.29, 0.717) is 11.1 Å². The van der Waals surface area contributed by atoms with Crippen molar-refractivity contribution in [3.63, 3.8) is 0 Å². The Morgan fingerprint density at radius 2 is 1.61 bits per heavy atom. The third kappa shape index (κ3) is 3.20. The molecule has 0 spiro atoms. The molecular weight excluding hydrogens is 339 g/mol. The van der Waals surface area contributed by atoms with Crippen LogP contribution in [0.2, 0.25) is 0 Å². The minimum Gasteiger partial charge on any atom is -0.478 e. The molecule has 0 aliphatic carbocycles. The van der Waals surface area contributed by atoms with Crippen molar-refractivity contribution in [1.82, 2.24) is 0 Å². The number of aliphatic carboxylic acids is 1. The zero-order valence-corrected chi connectivity index (χ0v) is 11.7. The van der Waals surface area contributed by atoms with Crippen molar-refractivity contribution < 1.29 is 9.90 Å². The summed E-state index contributed by atoms with van der Waals surface area (Å²) in [6.45, 7) is 0. The molecule has 0 radical (unpaired) electrons. The molecule has 0 unspecified atom stereocenters. The van der Waals surface area contributed by atoms with Crippen LogP contribution in [0, 0.1) is 3.57 Å². The van der Waals surface area contributed by atoms with Crippen molar-refractivity contribution in [2.75, 3.05) is 0 Å². The van der Waals surface area contributed by atoms with Gasteiger partial charge in [0.05, 0.1) is 5.57 Å². The first-order valence-electron chi connectivity index (χ1n) is 5.43. The van der Waals surface area contributed by atoms with Crippen molar-refractivity contribution in [3.05, 3.63) is 69.3 Å². The number of hydrogen-bond donors (Lipinski definition) is 1. The molecule has 90 valence electrons. The fraction of sp³-hybridized carbons (Fsp3) is 0. The molecule has 1 N–H and O–H groups in total. The van der Waals surface area contributed by atoms with E-state index in [1.165, 1.54) is 0 Å². The molecule has 0 saturated heterocycles. The zero-order valence-electron chi connectivity index (χ0n) is 9.51. The van der Waals surface area contributed by atoms with Gasteiger partial charge in [-0.05, 0) is 51.9 Å². The summed E-state index contributed by atoms with van der Waals surface area (Å²) in [7, 11) is 0. The lowest BCUT2D eigenvalue weighted by atomic mass is 10.0. The van der Waals surface area contributed by atoms with Crippen molar-refractivity contribution in [1.29, 1.82) is 0 Å². The predicted molar refractivity (Wildman–Crippen MR) is 81.1 cm³/mol. The lowest BCUT2D eigenvalue weighted by Crippen LogP contribution is -1.99. The number of carboxylic acid groups (broad SMARTS) is 1. The van der Waals surface area contributed by atoms with E-state index in [1.54, 1.807) is 6.08 Å². The summed E-state index contributed by atoms with van der Waals surface area (Å²) in [6, 6.07) is 16.9. The molecule has 0 bridgehead atoms. The Bertz CT molecular complexity index is 571. The first kappa shape index (κ1) is 12.8. The number of hydrogen-bond acceptors (Lipinski definition) is 1. The van der Waals surface area contributed by atoms with Gasteiger partial charge < -0.3 is 5.11 Å². The van der Waals surface area contributed by atoms with Crippen LogP contribution < -0.4 is 0 Å². The molecule has 0 aliphatic rings. The van der Waals surface area contributed by atoms with E-state index in [0.717, 1.165) is 9.13 Å². The summed E-state index contributed by atoms with van der Waals surface area (Å²) in [5, 5.41) is 9.29. The zero-order chi connectivity index (χ0) is 13.0. The highest BCUT2D eigenvalue weighted by Crippen LogP contribution is 2.19. The summed E-state index contributed by atoms with van der Waals surface area (Å²) in [4.78, 5) is 11.3. The summed E-state index contributed by atoms with van der Waals surface area (Å²) in [6.07, 6.45) is 1.69. The number of rotatable bonds is 3. The molecule has 0 fully saturated rings. The smallest absolute Gasteiger partial charge is 0.336 e. The van der Waals surface area contributed by atoms with E-state index in [9.17, 15) is 9.90 Å². The third-order valence-corrected chi connectivity index (χ3v) is 3.22. The third-order valence-electron chi connectivity index (χ3n) is 2.50. The number of carbonyl (C=O) groups is 1. The van der Waals surface area contributed by atoms with Gasteiger partial charge in [0.2, 0.25) is 0 Å². The maximum Gasteiger partial charge on any atom is 0.336 e. The van der Waals surface area contributed by atoms with E-state index in [4.69, 9.17) is 0 Å². The van der Waals surface area contributed by atoms with Crippen LogP contribution >= 0.6 is 22.6 Å². The number of benzene rings is 2. The van der Waals surface area contributed by atoms with Gasteiger partial charge in [0.25, 0.3) is 0 Å². The topological polar surface area (TPSA) is 37.3 Å². The lowest BCUT2D eigenvalue weighted by molar-refractivity contribution is -0.130. The van der Waals surface area contributed by atoms with Crippen molar-refractivity contribution in [2.24, 2.45) is 0 Å².